The first-order valence-corrected chi connectivity index (χ1v) is 12.1. The lowest BCUT2D eigenvalue weighted by molar-refractivity contribution is -0.234. The number of carbonyl (C=O) groups excluding carboxylic acids is 1. The van der Waals surface area contributed by atoms with Gasteiger partial charge in [-0.1, -0.05) is 35.9 Å². The summed E-state index contributed by atoms with van der Waals surface area (Å²) < 4.78 is 53.4. The van der Waals surface area contributed by atoms with Crippen LogP contribution in [0.1, 0.15) is 24.9 Å². The molecular weight excluding hydrogens is 531 g/mol. The number of hydrogen-bond donors (Lipinski definition) is 3. The molecule has 4 rings (SSSR count). The van der Waals surface area contributed by atoms with Gasteiger partial charge in [0.05, 0.1) is 19.4 Å². The number of ether oxygens (including phenoxy) is 2. The van der Waals surface area contributed by atoms with Gasteiger partial charge in [0.25, 0.3) is 0 Å². The van der Waals surface area contributed by atoms with E-state index in [4.69, 9.17) is 21.1 Å². The number of benzene rings is 2. The first-order chi connectivity index (χ1) is 18.1. The Bertz CT molecular complexity index is 1270. The van der Waals surface area contributed by atoms with Crippen molar-refractivity contribution >= 4 is 17.4 Å². The molecule has 204 valence electrons. The van der Waals surface area contributed by atoms with Crippen LogP contribution in [-0.2, 0) is 20.9 Å². The van der Waals surface area contributed by atoms with Gasteiger partial charge in [0, 0.05) is 17.0 Å². The molecule has 0 aliphatic carbocycles. The molecule has 0 amide bonds. The minimum atomic E-state index is -1.64. The highest BCUT2D eigenvalue weighted by molar-refractivity contribution is 6.30. The fourth-order valence-corrected chi connectivity index (χ4v) is 4.55. The van der Waals surface area contributed by atoms with E-state index in [1.807, 2.05) is 0 Å². The lowest BCUT2D eigenvalue weighted by atomic mass is 9.88. The summed E-state index contributed by atoms with van der Waals surface area (Å²) in [6.45, 7) is 0.891. The number of ketones is 1. The van der Waals surface area contributed by atoms with Crippen LogP contribution in [0.15, 0.2) is 42.6 Å². The van der Waals surface area contributed by atoms with E-state index in [1.165, 1.54) is 6.20 Å². The Morgan fingerprint density at radius 1 is 1.18 bits per heavy atom. The zero-order valence-corrected chi connectivity index (χ0v) is 20.8. The van der Waals surface area contributed by atoms with Crippen molar-refractivity contribution in [2.45, 2.75) is 56.5 Å². The van der Waals surface area contributed by atoms with E-state index in [2.05, 4.69) is 10.3 Å². The number of rotatable bonds is 9. The predicted octanol–water partition coefficient (Wildman–Crippen LogP) is 2.60. The highest BCUT2D eigenvalue weighted by Gasteiger charge is 2.50. The second-order valence-corrected chi connectivity index (χ2v) is 9.25. The molecule has 0 spiro atoms. The monoisotopic (exact) mass is 555 g/mol. The summed E-state index contributed by atoms with van der Waals surface area (Å²) >= 11 is 6.02. The maximum absolute atomic E-state index is 13.7. The molecule has 1 aromatic heterocycles. The van der Waals surface area contributed by atoms with Crippen LogP contribution in [0, 0.1) is 17.5 Å². The molecule has 1 fully saturated rings. The Hall–Kier alpha value is -2.87. The van der Waals surface area contributed by atoms with E-state index >= 15 is 0 Å². The number of aliphatic hydroxyl groups is 3. The standard InChI is InChI=1S/C25H25ClF3N3O6/c1-2-18(34)24(37-11-12-4-3-5-14(26)6-12)25-23(36)21(22(35)19(10-33)38-25)32-9-17(30-31-32)13-7-15(27)20(29)16(28)8-13/h3-9,19,21-25,33,35-36H,2,10-11H2,1H3/t19?,21-,22-,23?,24+,25+/m0/s1. The third-order valence-electron chi connectivity index (χ3n) is 6.31. The van der Waals surface area contributed by atoms with Crippen LogP contribution < -0.4 is 0 Å². The molecule has 13 heteroatoms. The van der Waals surface area contributed by atoms with Crippen molar-refractivity contribution in [2.24, 2.45) is 0 Å². The van der Waals surface area contributed by atoms with Crippen molar-refractivity contribution in [1.82, 2.24) is 15.0 Å². The van der Waals surface area contributed by atoms with Gasteiger partial charge >= 0.3 is 0 Å². The first-order valence-electron chi connectivity index (χ1n) is 11.7. The van der Waals surface area contributed by atoms with Gasteiger partial charge in [-0.25, -0.2) is 17.9 Å². The van der Waals surface area contributed by atoms with Crippen LogP contribution in [0.2, 0.25) is 5.02 Å². The van der Waals surface area contributed by atoms with Crippen molar-refractivity contribution < 1.29 is 42.8 Å². The molecule has 0 saturated carbocycles. The van der Waals surface area contributed by atoms with Crippen LogP contribution >= 0.6 is 11.6 Å². The number of aliphatic hydroxyl groups excluding tert-OH is 3. The van der Waals surface area contributed by atoms with E-state index in [1.54, 1.807) is 31.2 Å². The van der Waals surface area contributed by atoms with Crippen LogP contribution in [0.5, 0.6) is 0 Å². The maximum atomic E-state index is 13.7. The molecule has 0 bridgehead atoms. The topological polar surface area (TPSA) is 127 Å². The third kappa shape index (κ3) is 5.75. The van der Waals surface area contributed by atoms with Gasteiger partial charge in [-0.15, -0.1) is 5.10 Å². The normalized spacial score (nSPS) is 24.4. The first kappa shape index (κ1) is 28.1. The minimum Gasteiger partial charge on any atom is -0.394 e. The van der Waals surface area contributed by atoms with Crippen molar-refractivity contribution in [1.29, 1.82) is 0 Å². The summed E-state index contributed by atoms with van der Waals surface area (Å²) in [5.41, 5.74) is 0.443. The van der Waals surface area contributed by atoms with Gasteiger partial charge in [-0.2, -0.15) is 0 Å². The summed E-state index contributed by atoms with van der Waals surface area (Å²) in [6, 6.07) is 6.91. The van der Waals surface area contributed by atoms with Gasteiger partial charge in [0.2, 0.25) is 0 Å². The highest BCUT2D eigenvalue weighted by Crippen LogP contribution is 2.34. The molecule has 0 radical (unpaired) electrons. The number of hydrogen-bond acceptors (Lipinski definition) is 8. The van der Waals surface area contributed by atoms with E-state index < -0.39 is 66.4 Å². The fraction of sp³-hybridized carbons (Fsp3) is 0.400. The van der Waals surface area contributed by atoms with E-state index in [-0.39, 0.29) is 24.3 Å². The van der Waals surface area contributed by atoms with Crippen LogP contribution in [0.3, 0.4) is 0 Å². The molecule has 3 N–H and O–H groups in total. The van der Waals surface area contributed by atoms with Crippen molar-refractivity contribution in [3.8, 4) is 11.3 Å². The Kier molecular flexibility index (Phi) is 8.81. The molecular formula is C25H25ClF3N3O6. The lowest BCUT2D eigenvalue weighted by Crippen LogP contribution is -2.60. The molecule has 9 nitrogen and oxygen atoms in total. The van der Waals surface area contributed by atoms with E-state index in [0.717, 1.165) is 16.8 Å². The summed E-state index contributed by atoms with van der Waals surface area (Å²) in [4.78, 5) is 12.8. The summed E-state index contributed by atoms with van der Waals surface area (Å²) in [5.74, 6) is -4.91. The summed E-state index contributed by atoms with van der Waals surface area (Å²) in [5, 5.41) is 40.1. The zero-order chi connectivity index (χ0) is 27.6. The summed E-state index contributed by atoms with van der Waals surface area (Å²) in [7, 11) is 0. The average Bonchev–Trinajstić information content (AvgIpc) is 3.38. The SMILES string of the molecule is CCC(=O)[C@@H](OCc1cccc(Cl)c1)[C@@H]1OC(CO)[C@H](O)[C@H](n2cc(-c3cc(F)c(F)c(F)c3)nn2)C1O. The number of nitrogens with zero attached hydrogens (tertiary/aromatic N) is 3. The van der Waals surface area contributed by atoms with Gasteiger partial charge < -0.3 is 24.8 Å². The van der Waals surface area contributed by atoms with Crippen LogP contribution in [0.25, 0.3) is 11.3 Å². The Morgan fingerprint density at radius 3 is 2.53 bits per heavy atom. The smallest absolute Gasteiger partial charge is 0.194 e. The van der Waals surface area contributed by atoms with E-state index in [0.29, 0.717) is 10.6 Å². The minimum absolute atomic E-state index is 0.0406. The number of aromatic nitrogens is 3. The van der Waals surface area contributed by atoms with E-state index in [9.17, 15) is 33.3 Å². The van der Waals surface area contributed by atoms with Gasteiger partial charge in [0.1, 0.15) is 42.3 Å². The lowest BCUT2D eigenvalue weighted by Gasteiger charge is -2.44. The molecule has 1 aliphatic rings. The molecule has 2 aromatic carbocycles. The number of carbonyl (C=O) groups is 1. The molecule has 2 heterocycles. The molecule has 1 aliphatic heterocycles. The average molecular weight is 556 g/mol. The Balaban J connectivity index is 1.64. The van der Waals surface area contributed by atoms with Gasteiger partial charge in [-0.05, 0) is 29.8 Å². The van der Waals surface area contributed by atoms with Crippen LogP contribution in [0.4, 0.5) is 13.2 Å². The fourth-order valence-electron chi connectivity index (χ4n) is 4.34. The van der Waals surface area contributed by atoms with Crippen LogP contribution in [-0.4, -0.2) is 73.2 Å². The molecule has 38 heavy (non-hydrogen) atoms. The van der Waals surface area contributed by atoms with Crippen molar-refractivity contribution in [2.75, 3.05) is 6.61 Å². The zero-order valence-electron chi connectivity index (χ0n) is 20.0. The predicted molar refractivity (Wildman–Crippen MR) is 127 cm³/mol. The Labute approximate surface area is 220 Å². The quantitative estimate of drug-likeness (QED) is 0.344. The second-order valence-electron chi connectivity index (χ2n) is 8.81. The maximum Gasteiger partial charge on any atom is 0.194 e. The molecule has 3 aromatic rings. The van der Waals surface area contributed by atoms with Crippen molar-refractivity contribution in [3.05, 3.63) is 70.6 Å². The Morgan fingerprint density at radius 2 is 1.89 bits per heavy atom. The van der Waals surface area contributed by atoms with Gasteiger partial charge in [0.15, 0.2) is 23.2 Å². The second kappa shape index (κ2) is 11.9. The van der Waals surface area contributed by atoms with Crippen molar-refractivity contribution in [3.63, 3.8) is 0 Å². The third-order valence-corrected chi connectivity index (χ3v) is 6.54. The summed E-state index contributed by atoms with van der Waals surface area (Å²) in [6.07, 6.45) is -5.76. The van der Waals surface area contributed by atoms with Gasteiger partial charge in [-0.3, -0.25) is 4.79 Å². The highest BCUT2D eigenvalue weighted by atomic mass is 35.5. The number of Topliss-reactive ketones (excluding diaryl/α,β-unsaturated/α-hetero) is 1. The molecule has 1 saturated heterocycles. The largest absolute Gasteiger partial charge is 0.394 e. The molecule has 6 atom stereocenters. The molecule has 2 unspecified atom stereocenters. The number of halogens is 4.